The molecule has 2 aromatic rings. The van der Waals surface area contributed by atoms with Gasteiger partial charge in [0.25, 0.3) is 5.91 Å². The van der Waals surface area contributed by atoms with Crippen LogP contribution in [0.2, 0.25) is 0 Å². The van der Waals surface area contributed by atoms with Gasteiger partial charge < -0.3 is 4.90 Å². The molecule has 5 nitrogen and oxygen atoms in total. The Balaban J connectivity index is 1.72. The molecule has 0 radical (unpaired) electrons. The molecule has 26 heavy (non-hydrogen) atoms. The third-order valence-electron chi connectivity index (χ3n) is 4.82. The van der Waals surface area contributed by atoms with E-state index in [2.05, 4.69) is 23.1 Å². The molecule has 0 saturated carbocycles. The summed E-state index contributed by atoms with van der Waals surface area (Å²) in [4.78, 5) is 16.3. The first-order valence-corrected chi connectivity index (χ1v) is 11.4. The van der Waals surface area contributed by atoms with E-state index in [1.54, 1.807) is 30.4 Å². The van der Waals surface area contributed by atoms with Crippen molar-refractivity contribution >= 4 is 27.3 Å². The number of thiophene rings is 1. The van der Waals surface area contributed by atoms with Crippen LogP contribution in [0.3, 0.4) is 0 Å². The third-order valence-corrected chi connectivity index (χ3v) is 7.16. The molecular formula is C19H24N2O3S2. The number of carbonyl (C=O) groups excluding carboxylic acids is 1. The molecule has 1 N–H and O–H groups in total. The molecule has 1 amide bonds. The molecule has 3 rings (SSSR count). The Labute approximate surface area is 159 Å². The number of rotatable bonds is 6. The van der Waals surface area contributed by atoms with Crippen LogP contribution >= 0.6 is 11.3 Å². The highest BCUT2D eigenvalue weighted by Gasteiger charge is 2.30. The van der Waals surface area contributed by atoms with E-state index in [0.717, 1.165) is 24.9 Å². The van der Waals surface area contributed by atoms with Crippen molar-refractivity contribution in [2.45, 2.75) is 39.3 Å². The number of nitrogens with zero attached hydrogens (tertiary/aromatic N) is 1. The Morgan fingerprint density at radius 3 is 2.62 bits per heavy atom. The summed E-state index contributed by atoms with van der Waals surface area (Å²) in [6.45, 7) is 4.69. The fraction of sp³-hybridized carbons (Fsp3) is 0.421. The van der Waals surface area contributed by atoms with E-state index in [9.17, 15) is 13.2 Å². The second-order valence-electron chi connectivity index (χ2n) is 6.39. The van der Waals surface area contributed by atoms with Gasteiger partial charge in [-0.05, 0) is 54.5 Å². The molecule has 1 aromatic carbocycles. The minimum absolute atomic E-state index is 0.0365. The quantitative estimate of drug-likeness (QED) is 0.820. The highest BCUT2D eigenvalue weighted by molar-refractivity contribution is 7.89. The average Bonchev–Trinajstić information content (AvgIpc) is 3.14. The highest BCUT2D eigenvalue weighted by Crippen LogP contribution is 2.35. The van der Waals surface area contributed by atoms with Gasteiger partial charge in [0.2, 0.25) is 10.0 Å². The number of hydrogen-bond acceptors (Lipinski definition) is 4. The predicted molar refractivity (Wildman–Crippen MR) is 105 cm³/mol. The van der Waals surface area contributed by atoms with Crippen LogP contribution in [0.15, 0.2) is 35.7 Å². The number of carbonyl (C=O) groups is 1. The molecular weight excluding hydrogens is 368 g/mol. The summed E-state index contributed by atoms with van der Waals surface area (Å²) >= 11 is 1.77. The summed E-state index contributed by atoms with van der Waals surface area (Å²) in [6.07, 6.45) is 1.80. The fourth-order valence-corrected chi connectivity index (χ4v) is 4.82. The van der Waals surface area contributed by atoms with Gasteiger partial charge in [-0.2, -0.15) is 0 Å². The standard InChI is InChI=1S/C19H24N2O3S2/c1-3-17-16-10-12-25-18(16)9-11-21(17)19(22)15-7-5-14(6-8-15)13-20-26(23,24)4-2/h5-8,10,12,17,20H,3-4,9,11,13H2,1-2H3. The normalized spacial score (nSPS) is 17.2. The largest absolute Gasteiger partial charge is 0.331 e. The summed E-state index contributed by atoms with van der Waals surface area (Å²) in [5.74, 6) is 0.0935. The van der Waals surface area contributed by atoms with E-state index < -0.39 is 10.0 Å². The molecule has 0 aliphatic carbocycles. The predicted octanol–water partition coefficient (Wildman–Crippen LogP) is 3.34. The van der Waals surface area contributed by atoms with Gasteiger partial charge in [-0.15, -0.1) is 11.3 Å². The Kier molecular flexibility index (Phi) is 5.79. The van der Waals surface area contributed by atoms with Crippen LogP contribution in [0.1, 0.15) is 52.7 Å². The molecule has 7 heteroatoms. The van der Waals surface area contributed by atoms with Crippen molar-refractivity contribution in [1.29, 1.82) is 0 Å². The van der Waals surface area contributed by atoms with Gasteiger partial charge in [0.1, 0.15) is 0 Å². The van der Waals surface area contributed by atoms with Crippen molar-refractivity contribution in [3.63, 3.8) is 0 Å². The van der Waals surface area contributed by atoms with Crippen molar-refractivity contribution in [3.8, 4) is 0 Å². The molecule has 0 saturated heterocycles. The monoisotopic (exact) mass is 392 g/mol. The van der Waals surface area contributed by atoms with Crippen LogP contribution in [0.5, 0.6) is 0 Å². The number of nitrogens with one attached hydrogen (secondary N) is 1. The molecule has 1 aliphatic rings. The molecule has 2 heterocycles. The molecule has 0 spiro atoms. The lowest BCUT2D eigenvalue weighted by Crippen LogP contribution is -2.39. The summed E-state index contributed by atoms with van der Waals surface area (Å²) in [5, 5.41) is 2.10. The molecule has 1 aromatic heterocycles. The zero-order valence-electron chi connectivity index (χ0n) is 15.1. The van der Waals surface area contributed by atoms with Gasteiger partial charge in [0, 0.05) is 23.5 Å². The van der Waals surface area contributed by atoms with E-state index in [4.69, 9.17) is 0 Å². The van der Waals surface area contributed by atoms with E-state index in [1.807, 2.05) is 17.0 Å². The fourth-order valence-electron chi connectivity index (χ4n) is 3.31. The molecule has 0 fully saturated rings. The van der Waals surface area contributed by atoms with Crippen molar-refractivity contribution in [2.24, 2.45) is 0 Å². The first kappa shape index (κ1) is 19.1. The minimum Gasteiger partial charge on any atom is -0.331 e. The van der Waals surface area contributed by atoms with Crippen LogP contribution in [0, 0.1) is 0 Å². The van der Waals surface area contributed by atoms with Crippen molar-refractivity contribution in [1.82, 2.24) is 9.62 Å². The SMILES string of the molecule is CCC1c2ccsc2CCN1C(=O)c1ccc(CNS(=O)(=O)CC)cc1. The van der Waals surface area contributed by atoms with Gasteiger partial charge in [0.05, 0.1) is 11.8 Å². The Hall–Kier alpha value is -1.70. The van der Waals surface area contributed by atoms with E-state index >= 15 is 0 Å². The average molecular weight is 393 g/mol. The Bertz CT molecular complexity index is 872. The summed E-state index contributed by atoms with van der Waals surface area (Å²) < 4.78 is 25.6. The van der Waals surface area contributed by atoms with Crippen molar-refractivity contribution in [2.75, 3.05) is 12.3 Å². The van der Waals surface area contributed by atoms with Crippen molar-refractivity contribution < 1.29 is 13.2 Å². The number of benzene rings is 1. The summed E-state index contributed by atoms with van der Waals surface area (Å²) in [7, 11) is -3.22. The number of amides is 1. The van der Waals surface area contributed by atoms with Crippen molar-refractivity contribution in [3.05, 3.63) is 57.3 Å². The van der Waals surface area contributed by atoms with E-state index in [-0.39, 0.29) is 24.2 Å². The number of fused-ring (bicyclic) bond motifs is 1. The van der Waals surface area contributed by atoms with Crippen LogP contribution in [-0.4, -0.2) is 31.5 Å². The Morgan fingerprint density at radius 1 is 1.23 bits per heavy atom. The topological polar surface area (TPSA) is 66.5 Å². The van der Waals surface area contributed by atoms with E-state index in [0.29, 0.717) is 5.56 Å². The van der Waals surface area contributed by atoms with Gasteiger partial charge >= 0.3 is 0 Å². The summed E-state index contributed by atoms with van der Waals surface area (Å²) in [5.41, 5.74) is 2.76. The Morgan fingerprint density at radius 2 is 1.96 bits per heavy atom. The minimum atomic E-state index is -3.22. The van der Waals surface area contributed by atoms with Gasteiger partial charge in [-0.1, -0.05) is 19.1 Å². The van der Waals surface area contributed by atoms with Gasteiger partial charge in [-0.25, -0.2) is 13.1 Å². The lowest BCUT2D eigenvalue weighted by molar-refractivity contribution is 0.0657. The van der Waals surface area contributed by atoms with Gasteiger partial charge in [-0.3, -0.25) is 4.79 Å². The first-order chi connectivity index (χ1) is 12.4. The summed E-state index contributed by atoms with van der Waals surface area (Å²) in [6, 6.07) is 9.46. The zero-order chi connectivity index (χ0) is 18.7. The number of sulfonamides is 1. The molecule has 0 bridgehead atoms. The van der Waals surface area contributed by atoms with Crippen LogP contribution in [-0.2, 0) is 23.0 Å². The lowest BCUT2D eigenvalue weighted by Gasteiger charge is -2.35. The van der Waals surface area contributed by atoms with Crippen LogP contribution in [0.25, 0.3) is 0 Å². The molecule has 1 aliphatic heterocycles. The van der Waals surface area contributed by atoms with Gasteiger partial charge in [0.15, 0.2) is 0 Å². The second kappa shape index (κ2) is 7.90. The number of hydrogen-bond donors (Lipinski definition) is 1. The first-order valence-electron chi connectivity index (χ1n) is 8.88. The third kappa shape index (κ3) is 4.00. The molecule has 140 valence electrons. The second-order valence-corrected chi connectivity index (χ2v) is 9.49. The smallest absolute Gasteiger partial charge is 0.254 e. The lowest BCUT2D eigenvalue weighted by atomic mass is 9.96. The van der Waals surface area contributed by atoms with Crippen LogP contribution in [0.4, 0.5) is 0 Å². The maximum atomic E-state index is 13.0. The maximum Gasteiger partial charge on any atom is 0.254 e. The van der Waals surface area contributed by atoms with Crippen LogP contribution < -0.4 is 4.72 Å². The zero-order valence-corrected chi connectivity index (χ0v) is 16.7. The molecule has 1 unspecified atom stereocenters. The molecule has 1 atom stereocenters. The van der Waals surface area contributed by atoms with E-state index in [1.165, 1.54) is 10.4 Å². The highest BCUT2D eigenvalue weighted by atomic mass is 32.2. The maximum absolute atomic E-state index is 13.0.